The molecule has 1 aliphatic heterocycles. The number of rotatable bonds is 3. The summed E-state index contributed by atoms with van der Waals surface area (Å²) >= 11 is 0. The van der Waals surface area contributed by atoms with E-state index in [1.165, 1.54) is 18.2 Å². The number of nitrogens with zero attached hydrogens (tertiary/aromatic N) is 2. The number of aromatic nitrogens is 1. The van der Waals surface area contributed by atoms with Crippen LogP contribution < -0.4 is 0 Å². The minimum Gasteiger partial charge on any atom is -0.338 e. The van der Waals surface area contributed by atoms with Crippen LogP contribution >= 0.6 is 0 Å². The van der Waals surface area contributed by atoms with Gasteiger partial charge in [0, 0.05) is 37.0 Å². The number of carbonyl (C=O) groups is 1. The van der Waals surface area contributed by atoms with Crippen LogP contribution in [0.25, 0.3) is 0 Å². The van der Waals surface area contributed by atoms with Crippen molar-refractivity contribution in [3.63, 3.8) is 0 Å². The van der Waals surface area contributed by atoms with Gasteiger partial charge in [0.1, 0.15) is 5.82 Å². The zero-order valence-corrected chi connectivity index (χ0v) is 14.7. The van der Waals surface area contributed by atoms with Crippen molar-refractivity contribution in [1.82, 2.24) is 9.88 Å². The van der Waals surface area contributed by atoms with Crippen LogP contribution in [0, 0.1) is 5.82 Å². The van der Waals surface area contributed by atoms with E-state index in [4.69, 9.17) is 0 Å². The number of hydrogen-bond acceptors (Lipinski definition) is 4. The van der Waals surface area contributed by atoms with Gasteiger partial charge in [-0.2, -0.15) is 0 Å². The van der Waals surface area contributed by atoms with Gasteiger partial charge in [0.15, 0.2) is 9.84 Å². The second-order valence-electron chi connectivity index (χ2n) is 6.26. The van der Waals surface area contributed by atoms with E-state index in [1.54, 1.807) is 29.3 Å². The maximum atomic E-state index is 13.4. The highest BCUT2D eigenvalue weighted by Gasteiger charge is 2.29. The predicted octanol–water partition coefficient (Wildman–Crippen LogP) is 2.64. The number of pyridine rings is 1. The number of amides is 1. The summed E-state index contributed by atoms with van der Waals surface area (Å²) in [6.45, 7) is 0.932. The number of likely N-dealkylation sites (tertiary alicyclic amines) is 1. The Bertz CT molecular complexity index is 899. The largest absolute Gasteiger partial charge is 0.338 e. The molecule has 1 saturated heterocycles. The first kappa shape index (κ1) is 17.5. The maximum absolute atomic E-state index is 13.4. The summed E-state index contributed by atoms with van der Waals surface area (Å²) in [6, 6.07) is 8.74. The van der Waals surface area contributed by atoms with Gasteiger partial charge in [0.05, 0.1) is 10.6 Å². The number of carbonyl (C=O) groups excluding carboxylic acids is 1. The Morgan fingerprint density at radius 3 is 2.80 bits per heavy atom. The number of piperidine rings is 1. The van der Waals surface area contributed by atoms with Crippen LogP contribution in [-0.2, 0) is 9.84 Å². The zero-order chi connectivity index (χ0) is 18.0. The molecule has 132 valence electrons. The first-order chi connectivity index (χ1) is 11.9. The predicted molar refractivity (Wildman–Crippen MR) is 91.6 cm³/mol. The summed E-state index contributed by atoms with van der Waals surface area (Å²) in [5, 5.41) is 0. The smallest absolute Gasteiger partial charge is 0.253 e. The second kappa shape index (κ2) is 6.92. The fraction of sp³-hybridized carbons (Fsp3) is 0.333. The van der Waals surface area contributed by atoms with E-state index in [2.05, 4.69) is 4.98 Å². The van der Waals surface area contributed by atoms with Crippen LogP contribution in [0.2, 0.25) is 0 Å². The van der Waals surface area contributed by atoms with Crippen molar-refractivity contribution in [3.8, 4) is 0 Å². The van der Waals surface area contributed by atoms with Crippen molar-refractivity contribution in [3.05, 3.63) is 59.7 Å². The Morgan fingerprint density at radius 1 is 1.28 bits per heavy atom. The second-order valence-corrected chi connectivity index (χ2v) is 8.24. The van der Waals surface area contributed by atoms with Crippen molar-refractivity contribution in [2.24, 2.45) is 0 Å². The first-order valence-electron chi connectivity index (χ1n) is 8.06. The van der Waals surface area contributed by atoms with Gasteiger partial charge in [-0.3, -0.25) is 9.78 Å². The molecule has 1 amide bonds. The molecule has 0 N–H and O–H groups in total. The quantitative estimate of drug-likeness (QED) is 0.842. The molecule has 1 aromatic heterocycles. The number of halogens is 1. The Morgan fingerprint density at radius 2 is 2.08 bits per heavy atom. The van der Waals surface area contributed by atoms with Gasteiger partial charge in [0.25, 0.3) is 5.91 Å². The SMILES string of the molecule is CS(=O)(=O)c1cccnc1[C@H]1CCCN(C(=O)c2cccc(F)c2)C1. The molecule has 5 nitrogen and oxygen atoms in total. The lowest BCUT2D eigenvalue weighted by molar-refractivity contribution is 0.0704. The van der Waals surface area contributed by atoms with Crippen molar-refractivity contribution < 1.29 is 17.6 Å². The van der Waals surface area contributed by atoms with E-state index in [0.29, 0.717) is 24.3 Å². The molecule has 0 unspecified atom stereocenters. The monoisotopic (exact) mass is 362 g/mol. The molecule has 0 bridgehead atoms. The van der Waals surface area contributed by atoms with Crippen LogP contribution in [0.15, 0.2) is 47.5 Å². The van der Waals surface area contributed by atoms with Crippen molar-refractivity contribution in [2.45, 2.75) is 23.7 Å². The molecule has 0 spiro atoms. The summed E-state index contributed by atoms with van der Waals surface area (Å²) in [5.41, 5.74) is 0.798. The van der Waals surface area contributed by atoms with Crippen molar-refractivity contribution >= 4 is 15.7 Å². The van der Waals surface area contributed by atoms with E-state index >= 15 is 0 Å². The molecule has 2 heterocycles. The number of sulfone groups is 1. The molecule has 2 aromatic rings. The molecule has 0 aliphatic carbocycles. The Kier molecular flexibility index (Phi) is 4.85. The van der Waals surface area contributed by atoms with Crippen LogP contribution in [0.4, 0.5) is 4.39 Å². The molecule has 0 saturated carbocycles. The molecular formula is C18H19FN2O3S. The van der Waals surface area contributed by atoms with E-state index in [0.717, 1.165) is 19.1 Å². The molecule has 1 atom stereocenters. The standard InChI is InChI=1S/C18H19FN2O3S/c1-25(23,24)16-8-3-9-20-17(16)14-6-4-10-21(12-14)18(22)13-5-2-7-15(19)11-13/h2-3,5,7-9,11,14H,4,6,10,12H2,1H3/t14-/m0/s1. The van der Waals surface area contributed by atoms with E-state index in [9.17, 15) is 17.6 Å². The van der Waals surface area contributed by atoms with Gasteiger partial charge in [-0.25, -0.2) is 12.8 Å². The topological polar surface area (TPSA) is 67.3 Å². The van der Waals surface area contributed by atoms with Crippen molar-refractivity contribution in [1.29, 1.82) is 0 Å². The fourth-order valence-electron chi connectivity index (χ4n) is 3.21. The molecule has 1 aromatic carbocycles. The van der Waals surface area contributed by atoms with Gasteiger partial charge in [-0.15, -0.1) is 0 Å². The third kappa shape index (κ3) is 3.87. The minimum atomic E-state index is -3.39. The minimum absolute atomic E-state index is 0.155. The van der Waals surface area contributed by atoms with Crippen LogP contribution in [0.3, 0.4) is 0 Å². The summed E-state index contributed by atoms with van der Waals surface area (Å²) in [5.74, 6) is -0.860. The highest BCUT2D eigenvalue weighted by Crippen LogP contribution is 2.30. The van der Waals surface area contributed by atoms with Gasteiger partial charge < -0.3 is 4.90 Å². The number of hydrogen-bond donors (Lipinski definition) is 0. The third-order valence-electron chi connectivity index (χ3n) is 4.37. The maximum Gasteiger partial charge on any atom is 0.253 e. The Hall–Kier alpha value is -2.28. The average Bonchev–Trinajstić information content (AvgIpc) is 2.60. The third-order valence-corrected chi connectivity index (χ3v) is 5.51. The van der Waals surface area contributed by atoms with Gasteiger partial charge in [-0.1, -0.05) is 6.07 Å². The van der Waals surface area contributed by atoms with Crippen LogP contribution in [-0.4, -0.2) is 43.6 Å². The average molecular weight is 362 g/mol. The van der Waals surface area contributed by atoms with E-state index < -0.39 is 15.7 Å². The molecule has 1 fully saturated rings. The summed E-state index contributed by atoms with van der Waals surface area (Å²) < 4.78 is 37.4. The van der Waals surface area contributed by atoms with Gasteiger partial charge in [0.2, 0.25) is 0 Å². The molecule has 0 radical (unpaired) electrons. The fourth-order valence-corrected chi connectivity index (χ4v) is 4.14. The number of benzene rings is 1. The molecule has 7 heteroatoms. The van der Waals surface area contributed by atoms with E-state index in [-0.39, 0.29) is 16.7 Å². The summed E-state index contributed by atoms with van der Waals surface area (Å²) in [4.78, 5) is 18.8. The lowest BCUT2D eigenvalue weighted by Crippen LogP contribution is -2.39. The normalized spacial score (nSPS) is 18.2. The van der Waals surface area contributed by atoms with Gasteiger partial charge >= 0.3 is 0 Å². The highest BCUT2D eigenvalue weighted by molar-refractivity contribution is 7.90. The Labute approximate surface area is 146 Å². The lowest BCUT2D eigenvalue weighted by Gasteiger charge is -2.33. The lowest BCUT2D eigenvalue weighted by atomic mass is 9.93. The van der Waals surface area contributed by atoms with Crippen LogP contribution in [0.5, 0.6) is 0 Å². The van der Waals surface area contributed by atoms with E-state index in [1.807, 2.05) is 0 Å². The van der Waals surface area contributed by atoms with Gasteiger partial charge in [-0.05, 0) is 43.2 Å². The molecule has 25 heavy (non-hydrogen) atoms. The summed E-state index contributed by atoms with van der Waals surface area (Å²) in [7, 11) is -3.39. The first-order valence-corrected chi connectivity index (χ1v) is 9.95. The van der Waals surface area contributed by atoms with Crippen molar-refractivity contribution in [2.75, 3.05) is 19.3 Å². The summed E-state index contributed by atoms with van der Waals surface area (Å²) in [6.07, 6.45) is 4.22. The highest BCUT2D eigenvalue weighted by atomic mass is 32.2. The molecular weight excluding hydrogens is 343 g/mol. The molecule has 1 aliphatic rings. The van der Waals surface area contributed by atoms with Crippen LogP contribution in [0.1, 0.15) is 34.8 Å². The molecule has 3 rings (SSSR count). The zero-order valence-electron chi connectivity index (χ0n) is 13.9. The Balaban J connectivity index is 1.86.